The van der Waals surface area contributed by atoms with Gasteiger partial charge in [0.05, 0.1) is 10.6 Å². The van der Waals surface area contributed by atoms with E-state index in [1.165, 1.54) is 35.0 Å². The molecule has 0 aliphatic rings. The van der Waals surface area contributed by atoms with Crippen LogP contribution in [0.1, 0.15) is 6.92 Å². The summed E-state index contributed by atoms with van der Waals surface area (Å²) in [5, 5.41) is 0. The molecule has 0 aliphatic heterocycles. The van der Waals surface area contributed by atoms with Crippen molar-refractivity contribution >= 4 is 31.6 Å². The molecule has 0 spiro atoms. The Morgan fingerprint density at radius 2 is 1.80 bits per heavy atom. The van der Waals surface area contributed by atoms with Crippen LogP contribution in [0.4, 0.5) is 5.69 Å². The second-order valence-corrected chi connectivity index (χ2v) is 6.70. The van der Waals surface area contributed by atoms with Gasteiger partial charge in [0.25, 0.3) is 15.6 Å². The highest BCUT2D eigenvalue weighted by Crippen LogP contribution is 2.17. The van der Waals surface area contributed by atoms with Crippen molar-refractivity contribution in [3.8, 4) is 0 Å². The molecule has 7 heteroatoms. The van der Waals surface area contributed by atoms with E-state index in [-0.39, 0.29) is 10.5 Å². The largest absolute Gasteiger partial charge is 0.314 e. The second-order valence-electron chi connectivity index (χ2n) is 4.10. The molecular formula is C13H13BrN2O3S. The summed E-state index contributed by atoms with van der Waals surface area (Å²) in [5.74, 6) is 0. The molecular weight excluding hydrogens is 344 g/mol. The monoisotopic (exact) mass is 356 g/mol. The first-order chi connectivity index (χ1) is 9.42. The summed E-state index contributed by atoms with van der Waals surface area (Å²) < 4.78 is 29.1. The predicted octanol–water partition coefficient (Wildman–Crippen LogP) is 2.43. The average molecular weight is 357 g/mol. The van der Waals surface area contributed by atoms with Gasteiger partial charge in [-0.25, -0.2) is 8.42 Å². The van der Waals surface area contributed by atoms with E-state index < -0.39 is 10.0 Å². The summed E-state index contributed by atoms with van der Waals surface area (Å²) in [4.78, 5) is 11.6. The molecule has 0 bridgehead atoms. The van der Waals surface area contributed by atoms with Gasteiger partial charge in [-0.2, -0.15) is 0 Å². The lowest BCUT2D eigenvalue weighted by Crippen LogP contribution is -2.20. The van der Waals surface area contributed by atoms with Gasteiger partial charge < -0.3 is 4.57 Å². The zero-order chi connectivity index (χ0) is 14.8. The molecule has 2 aromatic rings. The Morgan fingerprint density at radius 3 is 2.40 bits per heavy atom. The van der Waals surface area contributed by atoms with Crippen molar-refractivity contribution in [2.24, 2.45) is 0 Å². The molecule has 0 saturated heterocycles. The lowest BCUT2D eigenvalue weighted by molar-refractivity contribution is 0.601. The number of anilines is 1. The first-order valence-electron chi connectivity index (χ1n) is 5.91. The van der Waals surface area contributed by atoms with Crippen molar-refractivity contribution in [3.05, 3.63) is 57.4 Å². The van der Waals surface area contributed by atoms with Gasteiger partial charge in [-0.1, -0.05) is 15.9 Å². The van der Waals surface area contributed by atoms with E-state index in [2.05, 4.69) is 20.7 Å². The summed E-state index contributed by atoms with van der Waals surface area (Å²) in [6.45, 7) is 2.29. The van der Waals surface area contributed by atoms with Crippen LogP contribution in [-0.4, -0.2) is 13.0 Å². The molecule has 2 rings (SSSR count). The molecule has 1 heterocycles. The smallest absolute Gasteiger partial charge is 0.261 e. The Morgan fingerprint density at radius 1 is 1.15 bits per heavy atom. The number of nitrogens with one attached hydrogen (secondary N) is 1. The summed E-state index contributed by atoms with van der Waals surface area (Å²) >= 11 is 3.25. The SMILES string of the molecule is CCn1cc(NS(=O)(=O)c2ccc(Br)cc2)ccc1=O. The topological polar surface area (TPSA) is 68.2 Å². The maximum absolute atomic E-state index is 12.2. The predicted molar refractivity (Wildman–Crippen MR) is 81.3 cm³/mol. The molecule has 1 N–H and O–H groups in total. The lowest BCUT2D eigenvalue weighted by atomic mass is 10.4. The number of hydrogen-bond acceptors (Lipinski definition) is 3. The zero-order valence-electron chi connectivity index (χ0n) is 10.7. The van der Waals surface area contributed by atoms with Crippen molar-refractivity contribution in [2.45, 2.75) is 18.4 Å². The molecule has 0 radical (unpaired) electrons. The van der Waals surface area contributed by atoms with Crippen LogP contribution in [0.25, 0.3) is 0 Å². The maximum Gasteiger partial charge on any atom is 0.261 e. The summed E-state index contributed by atoms with van der Waals surface area (Å²) in [5.41, 5.74) is 0.188. The Labute approximate surface area is 125 Å². The van der Waals surface area contributed by atoms with Gasteiger partial charge in [0.15, 0.2) is 0 Å². The van der Waals surface area contributed by atoms with Gasteiger partial charge in [0.1, 0.15) is 0 Å². The number of aryl methyl sites for hydroxylation is 1. The molecule has 0 fully saturated rings. The second kappa shape index (κ2) is 5.80. The van der Waals surface area contributed by atoms with E-state index in [0.29, 0.717) is 12.2 Å². The molecule has 5 nitrogen and oxygen atoms in total. The van der Waals surface area contributed by atoms with Crippen LogP contribution in [0.3, 0.4) is 0 Å². The van der Waals surface area contributed by atoms with E-state index in [1.54, 1.807) is 12.1 Å². The Kier molecular flexibility index (Phi) is 4.29. The molecule has 1 aromatic carbocycles. The first kappa shape index (κ1) is 14.8. The molecule has 0 aliphatic carbocycles. The summed E-state index contributed by atoms with van der Waals surface area (Å²) in [7, 11) is -3.65. The van der Waals surface area contributed by atoms with E-state index in [4.69, 9.17) is 0 Å². The fourth-order valence-corrected chi connectivity index (χ4v) is 2.97. The average Bonchev–Trinajstić information content (AvgIpc) is 2.41. The maximum atomic E-state index is 12.2. The number of hydrogen-bond donors (Lipinski definition) is 1. The standard InChI is InChI=1S/C13H13BrN2O3S/c1-2-16-9-11(5-8-13(16)17)15-20(18,19)12-6-3-10(14)4-7-12/h3-9,15H,2H2,1H3. The van der Waals surface area contributed by atoms with Crippen molar-refractivity contribution in [3.63, 3.8) is 0 Å². The number of pyridine rings is 1. The third kappa shape index (κ3) is 3.29. The third-order valence-corrected chi connectivity index (χ3v) is 4.63. The molecule has 0 atom stereocenters. The third-order valence-electron chi connectivity index (χ3n) is 2.70. The fourth-order valence-electron chi connectivity index (χ4n) is 1.67. The van der Waals surface area contributed by atoms with Gasteiger partial charge in [-0.3, -0.25) is 9.52 Å². The number of rotatable bonds is 4. The van der Waals surface area contributed by atoms with Gasteiger partial charge in [-0.15, -0.1) is 0 Å². The highest BCUT2D eigenvalue weighted by atomic mass is 79.9. The lowest BCUT2D eigenvalue weighted by Gasteiger charge is -2.10. The molecule has 1 aromatic heterocycles. The van der Waals surface area contributed by atoms with Crippen LogP contribution in [-0.2, 0) is 16.6 Å². The van der Waals surface area contributed by atoms with E-state index in [0.717, 1.165) is 4.47 Å². The zero-order valence-corrected chi connectivity index (χ0v) is 13.1. The van der Waals surface area contributed by atoms with Crippen LogP contribution >= 0.6 is 15.9 Å². The van der Waals surface area contributed by atoms with Crippen molar-refractivity contribution < 1.29 is 8.42 Å². The number of benzene rings is 1. The minimum absolute atomic E-state index is 0.162. The summed E-state index contributed by atoms with van der Waals surface area (Å²) in [6, 6.07) is 9.10. The van der Waals surface area contributed by atoms with Crippen LogP contribution in [0, 0.1) is 0 Å². The van der Waals surface area contributed by atoms with Crippen molar-refractivity contribution in [2.75, 3.05) is 4.72 Å². The van der Waals surface area contributed by atoms with Gasteiger partial charge >= 0.3 is 0 Å². The minimum Gasteiger partial charge on any atom is -0.314 e. The number of aromatic nitrogens is 1. The first-order valence-corrected chi connectivity index (χ1v) is 8.19. The van der Waals surface area contributed by atoms with Crippen molar-refractivity contribution in [1.29, 1.82) is 0 Å². The van der Waals surface area contributed by atoms with Crippen molar-refractivity contribution in [1.82, 2.24) is 4.57 Å². The van der Waals surface area contributed by atoms with Crippen LogP contribution in [0.15, 0.2) is 56.8 Å². The summed E-state index contributed by atoms with van der Waals surface area (Å²) in [6.07, 6.45) is 1.48. The Bertz CT molecular complexity index is 767. The minimum atomic E-state index is -3.65. The Balaban J connectivity index is 2.33. The highest BCUT2D eigenvalue weighted by molar-refractivity contribution is 9.10. The van der Waals surface area contributed by atoms with Gasteiger partial charge in [0.2, 0.25) is 0 Å². The normalized spacial score (nSPS) is 11.3. The number of nitrogens with zero attached hydrogens (tertiary/aromatic N) is 1. The van der Waals surface area contributed by atoms with Crippen LogP contribution < -0.4 is 10.3 Å². The molecule has 0 amide bonds. The molecule has 0 saturated carbocycles. The van der Waals surface area contributed by atoms with Gasteiger partial charge in [-0.05, 0) is 37.3 Å². The van der Waals surface area contributed by atoms with Gasteiger partial charge in [0, 0.05) is 23.3 Å². The Hall–Kier alpha value is -1.60. The quantitative estimate of drug-likeness (QED) is 0.914. The van der Waals surface area contributed by atoms with E-state index in [9.17, 15) is 13.2 Å². The fraction of sp³-hybridized carbons (Fsp3) is 0.154. The number of sulfonamides is 1. The number of halogens is 1. The van der Waals surface area contributed by atoms with E-state index >= 15 is 0 Å². The van der Waals surface area contributed by atoms with Crippen LogP contribution in [0.2, 0.25) is 0 Å². The van der Waals surface area contributed by atoms with E-state index in [1.807, 2.05) is 6.92 Å². The molecule has 20 heavy (non-hydrogen) atoms. The highest BCUT2D eigenvalue weighted by Gasteiger charge is 2.14. The molecule has 0 unspecified atom stereocenters. The molecule has 106 valence electrons. The van der Waals surface area contributed by atoms with Crippen LogP contribution in [0.5, 0.6) is 0 Å².